The minimum Gasteiger partial charge on any atom is -0.384 e. The number of nitrogens with one attached hydrogen (secondary N) is 1. The number of hydrogen-bond acceptors (Lipinski definition) is 6. The highest BCUT2D eigenvalue weighted by Gasteiger charge is 2.28. The van der Waals surface area contributed by atoms with Crippen LogP contribution >= 0.6 is 11.6 Å². The van der Waals surface area contributed by atoms with Crippen LogP contribution in [0.3, 0.4) is 0 Å². The Bertz CT molecular complexity index is 911. The SMILES string of the molecule is CN1CCN(S(=O)(=O)c2ccc(NCC(C)(O)c3cccc(Cl)c3)nc2)CC1. The van der Waals surface area contributed by atoms with E-state index in [0.717, 1.165) is 0 Å². The highest BCUT2D eigenvalue weighted by molar-refractivity contribution is 7.89. The van der Waals surface area contributed by atoms with Crippen molar-refractivity contribution in [3.8, 4) is 0 Å². The zero-order valence-electron chi connectivity index (χ0n) is 16.0. The number of pyridine rings is 1. The molecule has 9 heteroatoms. The first-order chi connectivity index (χ1) is 13.2. The van der Waals surface area contributed by atoms with Crippen molar-refractivity contribution in [3.05, 3.63) is 53.2 Å². The zero-order valence-corrected chi connectivity index (χ0v) is 17.5. The minimum absolute atomic E-state index is 0.171. The van der Waals surface area contributed by atoms with Crippen molar-refractivity contribution in [1.29, 1.82) is 0 Å². The van der Waals surface area contributed by atoms with Crippen molar-refractivity contribution in [2.45, 2.75) is 17.4 Å². The summed E-state index contributed by atoms with van der Waals surface area (Å²) in [5, 5.41) is 14.3. The Balaban J connectivity index is 1.66. The number of sulfonamides is 1. The van der Waals surface area contributed by atoms with Crippen LogP contribution in [0.25, 0.3) is 0 Å². The molecule has 1 unspecified atom stereocenters. The number of nitrogens with zero attached hydrogens (tertiary/aromatic N) is 3. The molecule has 2 aromatic rings. The zero-order chi connectivity index (χ0) is 20.4. The monoisotopic (exact) mass is 424 g/mol. The standard InChI is InChI=1S/C19H25ClN4O3S/c1-19(25,15-4-3-5-16(20)12-15)14-22-18-7-6-17(13-21-18)28(26,27)24-10-8-23(2)9-11-24/h3-7,12-13,25H,8-11,14H2,1-2H3,(H,21,22). The van der Waals surface area contributed by atoms with Crippen molar-refractivity contribution < 1.29 is 13.5 Å². The summed E-state index contributed by atoms with van der Waals surface area (Å²) in [6, 6.07) is 10.2. The van der Waals surface area contributed by atoms with Gasteiger partial charge in [-0.3, -0.25) is 0 Å². The number of piperazine rings is 1. The number of benzene rings is 1. The van der Waals surface area contributed by atoms with Gasteiger partial charge in [0.2, 0.25) is 10.0 Å². The number of hydrogen-bond donors (Lipinski definition) is 2. The Hall–Kier alpha value is -1.71. The van der Waals surface area contributed by atoms with Gasteiger partial charge in [0.1, 0.15) is 16.3 Å². The van der Waals surface area contributed by atoms with Crippen LogP contribution in [0, 0.1) is 0 Å². The summed E-state index contributed by atoms with van der Waals surface area (Å²) in [5.74, 6) is 0.486. The van der Waals surface area contributed by atoms with E-state index < -0.39 is 15.6 Å². The molecule has 1 aromatic carbocycles. The minimum atomic E-state index is -3.54. The largest absolute Gasteiger partial charge is 0.384 e. The Morgan fingerprint density at radius 1 is 1.21 bits per heavy atom. The maximum absolute atomic E-state index is 12.7. The molecule has 1 atom stereocenters. The molecule has 0 bridgehead atoms. The van der Waals surface area contributed by atoms with Crippen molar-refractivity contribution in [2.24, 2.45) is 0 Å². The highest BCUT2D eigenvalue weighted by atomic mass is 35.5. The molecule has 0 saturated carbocycles. The van der Waals surface area contributed by atoms with Crippen molar-refractivity contribution in [2.75, 3.05) is 45.1 Å². The average Bonchev–Trinajstić information content (AvgIpc) is 2.67. The first kappa shape index (κ1) is 21.0. The third-order valence-corrected chi connectivity index (χ3v) is 7.01. The van der Waals surface area contributed by atoms with Crippen LogP contribution in [0.4, 0.5) is 5.82 Å². The van der Waals surface area contributed by atoms with Gasteiger partial charge in [0.05, 0.1) is 0 Å². The van der Waals surface area contributed by atoms with Gasteiger partial charge in [0, 0.05) is 43.9 Å². The lowest BCUT2D eigenvalue weighted by molar-refractivity contribution is 0.0714. The highest BCUT2D eigenvalue weighted by Crippen LogP contribution is 2.24. The van der Waals surface area contributed by atoms with Crippen molar-refractivity contribution in [3.63, 3.8) is 0 Å². The van der Waals surface area contributed by atoms with Gasteiger partial charge in [-0.05, 0) is 43.8 Å². The van der Waals surface area contributed by atoms with Gasteiger partial charge in [0.25, 0.3) is 0 Å². The first-order valence-electron chi connectivity index (χ1n) is 9.05. The van der Waals surface area contributed by atoms with E-state index in [9.17, 15) is 13.5 Å². The fourth-order valence-corrected chi connectivity index (χ4v) is 4.56. The number of anilines is 1. The Labute approximate surface area is 171 Å². The Morgan fingerprint density at radius 2 is 1.93 bits per heavy atom. The van der Waals surface area contributed by atoms with Crippen molar-refractivity contribution in [1.82, 2.24) is 14.2 Å². The van der Waals surface area contributed by atoms with E-state index in [-0.39, 0.29) is 11.4 Å². The molecule has 1 fully saturated rings. The predicted octanol–water partition coefficient (Wildman–Crippen LogP) is 1.99. The molecule has 1 aliphatic rings. The number of aromatic nitrogens is 1. The summed E-state index contributed by atoms with van der Waals surface area (Å²) in [5.41, 5.74) is -0.473. The molecule has 3 rings (SSSR count). The van der Waals surface area contributed by atoms with Crippen LogP contribution in [0.2, 0.25) is 5.02 Å². The second-order valence-electron chi connectivity index (χ2n) is 7.22. The van der Waals surface area contributed by atoms with E-state index in [4.69, 9.17) is 11.6 Å². The Morgan fingerprint density at radius 3 is 2.54 bits per heavy atom. The van der Waals surface area contributed by atoms with Crippen LogP contribution in [0.15, 0.2) is 47.5 Å². The molecule has 152 valence electrons. The topological polar surface area (TPSA) is 85.8 Å². The lowest BCUT2D eigenvalue weighted by Gasteiger charge is -2.31. The summed E-state index contributed by atoms with van der Waals surface area (Å²) in [7, 11) is -1.56. The fourth-order valence-electron chi connectivity index (χ4n) is 3.00. The molecule has 28 heavy (non-hydrogen) atoms. The molecule has 1 aliphatic heterocycles. The molecular weight excluding hydrogens is 400 g/mol. The average molecular weight is 425 g/mol. The lowest BCUT2D eigenvalue weighted by atomic mass is 9.96. The molecule has 0 radical (unpaired) electrons. The number of halogens is 1. The quantitative estimate of drug-likeness (QED) is 0.737. The van der Waals surface area contributed by atoms with E-state index in [1.54, 1.807) is 37.3 Å². The van der Waals surface area contributed by atoms with Crippen LogP contribution in [0.5, 0.6) is 0 Å². The molecule has 0 amide bonds. The summed E-state index contributed by atoms with van der Waals surface area (Å²) in [6.45, 7) is 4.25. The van der Waals surface area contributed by atoms with Crippen molar-refractivity contribution >= 4 is 27.4 Å². The van der Waals surface area contributed by atoms with Gasteiger partial charge in [0.15, 0.2) is 0 Å². The van der Waals surface area contributed by atoms with Gasteiger partial charge in [-0.15, -0.1) is 0 Å². The second kappa shape index (κ2) is 8.34. The van der Waals surface area contributed by atoms with Gasteiger partial charge in [-0.2, -0.15) is 4.31 Å². The smallest absolute Gasteiger partial charge is 0.244 e. The van der Waals surface area contributed by atoms with E-state index in [1.807, 2.05) is 7.05 Å². The van der Waals surface area contributed by atoms with Gasteiger partial charge in [-0.25, -0.2) is 13.4 Å². The number of aliphatic hydroxyl groups is 1. The normalized spacial score (nSPS) is 18.6. The molecule has 1 saturated heterocycles. The molecule has 1 aromatic heterocycles. The number of likely N-dealkylation sites (N-methyl/N-ethyl adjacent to an activating group) is 1. The molecule has 2 N–H and O–H groups in total. The van der Waals surface area contributed by atoms with Gasteiger partial charge >= 0.3 is 0 Å². The third-order valence-electron chi connectivity index (χ3n) is 4.90. The lowest BCUT2D eigenvalue weighted by Crippen LogP contribution is -2.47. The third kappa shape index (κ3) is 4.82. The summed E-state index contributed by atoms with van der Waals surface area (Å²) < 4.78 is 27.0. The molecule has 7 nitrogen and oxygen atoms in total. The molecule has 2 heterocycles. The van der Waals surface area contributed by atoms with Crippen LogP contribution in [0.1, 0.15) is 12.5 Å². The van der Waals surface area contributed by atoms with Crippen LogP contribution in [-0.4, -0.2) is 67.5 Å². The molecule has 0 aliphatic carbocycles. The fraction of sp³-hybridized carbons (Fsp3) is 0.421. The maximum atomic E-state index is 12.7. The maximum Gasteiger partial charge on any atom is 0.244 e. The van der Waals surface area contributed by atoms with Crippen LogP contribution < -0.4 is 5.32 Å². The molecular formula is C19H25ClN4O3S. The second-order valence-corrected chi connectivity index (χ2v) is 9.60. The van der Waals surface area contributed by atoms with E-state index in [2.05, 4.69) is 15.2 Å². The summed E-state index contributed by atoms with van der Waals surface area (Å²) in [6.07, 6.45) is 1.35. The van der Waals surface area contributed by atoms with Gasteiger partial charge < -0.3 is 15.3 Å². The number of rotatable bonds is 6. The summed E-state index contributed by atoms with van der Waals surface area (Å²) >= 11 is 5.99. The van der Waals surface area contributed by atoms with Crippen LogP contribution in [-0.2, 0) is 15.6 Å². The Kier molecular flexibility index (Phi) is 6.26. The molecule has 0 spiro atoms. The van der Waals surface area contributed by atoms with E-state index in [1.165, 1.54) is 16.6 Å². The predicted molar refractivity (Wildman–Crippen MR) is 110 cm³/mol. The van der Waals surface area contributed by atoms with E-state index >= 15 is 0 Å². The summed E-state index contributed by atoms with van der Waals surface area (Å²) in [4.78, 5) is 6.48. The van der Waals surface area contributed by atoms with Gasteiger partial charge in [-0.1, -0.05) is 23.7 Å². The van der Waals surface area contributed by atoms with E-state index in [0.29, 0.717) is 42.6 Å². The first-order valence-corrected chi connectivity index (χ1v) is 10.9.